The van der Waals surface area contributed by atoms with Gasteiger partial charge in [-0.25, -0.2) is 0 Å². The van der Waals surface area contributed by atoms with Crippen molar-refractivity contribution in [1.29, 1.82) is 0 Å². The first-order valence-electron chi connectivity index (χ1n) is 5.45. The van der Waals surface area contributed by atoms with Crippen LogP contribution in [-0.2, 0) is 20.7 Å². The van der Waals surface area contributed by atoms with Gasteiger partial charge in [0, 0.05) is 20.1 Å². The third-order valence-electron chi connectivity index (χ3n) is 2.67. The van der Waals surface area contributed by atoms with Gasteiger partial charge in [0.2, 0.25) is 0 Å². The van der Waals surface area contributed by atoms with Gasteiger partial charge in [-0.05, 0) is 12.0 Å². The van der Waals surface area contributed by atoms with Gasteiger partial charge in [0.1, 0.15) is 12.4 Å². The largest absolute Gasteiger partial charge is 0.387 e. The zero-order valence-corrected chi connectivity index (χ0v) is 10.1. The van der Waals surface area contributed by atoms with Gasteiger partial charge in [-0.2, -0.15) is 0 Å². The summed E-state index contributed by atoms with van der Waals surface area (Å²) < 4.78 is 9.90. The summed E-state index contributed by atoms with van der Waals surface area (Å²) in [7, 11) is 2.86. The van der Waals surface area contributed by atoms with Crippen LogP contribution in [0.5, 0.6) is 0 Å². The second-order valence-corrected chi connectivity index (χ2v) is 3.82. The van der Waals surface area contributed by atoms with Crippen LogP contribution in [0.25, 0.3) is 0 Å². The molecule has 0 fully saturated rings. The standard InChI is InChI=1S/C13H18O4/c1-16-13(17-2)12(15)11(9-14)8-10-6-4-3-5-7-10/h3-7,9,11-13,15H,8H2,1-2H3/t11?,12-/m1/s1. The summed E-state index contributed by atoms with van der Waals surface area (Å²) in [6.45, 7) is 0. The van der Waals surface area contributed by atoms with Crippen LogP contribution in [-0.4, -0.2) is 38.0 Å². The Morgan fingerprint density at radius 2 is 1.82 bits per heavy atom. The fourth-order valence-electron chi connectivity index (χ4n) is 1.71. The van der Waals surface area contributed by atoms with E-state index in [-0.39, 0.29) is 0 Å². The molecule has 94 valence electrons. The summed E-state index contributed by atoms with van der Waals surface area (Å²) in [5.41, 5.74) is 0.995. The second-order valence-electron chi connectivity index (χ2n) is 3.82. The Labute approximate surface area is 101 Å². The highest BCUT2D eigenvalue weighted by Crippen LogP contribution is 2.15. The van der Waals surface area contributed by atoms with E-state index in [0.29, 0.717) is 6.42 Å². The Bertz CT molecular complexity index is 321. The quantitative estimate of drug-likeness (QED) is 0.569. The Morgan fingerprint density at radius 1 is 1.24 bits per heavy atom. The Balaban J connectivity index is 2.68. The number of benzene rings is 1. The second kappa shape index (κ2) is 7.17. The molecular formula is C13H18O4. The van der Waals surface area contributed by atoms with Crippen molar-refractivity contribution in [3.8, 4) is 0 Å². The molecule has 0 amide bonds. The van der Waals surface area contributed by atoms with E-state index in [1.165, 1.54) is 14.2 Å². The van der Waals surface area contributed by atoms with E-state index in [2.05, 4.69) is 0 Å². The van der Waals surface area contributed by atoms with E-state index in [4.69, 9.17) is 9.47 Å². The lowest BCUT2D eigenvalue weighted by atomic mass is 9.95. The zero-order chi connectivity index (χ0) is 12.7. The maximum atomic E-state index is 11.0. The minimum Gasteiger partial charge on any atom is -0.387 e. The van der Waals surface area contributed by atoms with Gasteiger partial charge >= 0.3 is 0 Å². The molecule has 1 N–H and O–H groups in total. The van der Waals surface area contributed by atoms with Crippen molar-refractivity contribution in [2.45, 2.75) is 18.8 Å². The highest BCUT2D eigenvalue weighted by Gasteiger charge is 2.27. The van der Waals surface area contributed by atoms with Gasteiger partial charge < -0.3 is 19.4 Å². The average molecular weight is 238 g/mol. The van der Waals surface area contributed by atoms with Crippen LogP contribution in [0.2, 0.25) is 0 Å². The number of methoxy groups -OCH3 is 2. The van der Waals surface area contributed by atoms with Crippen LogP contribution in [0, 0.1) is 5.92 Å². The van der Waals surface area contributed by atoms with Gasteiger partial charge in [-0.3, -0.25) is 0 Å². The number of aliphatic hydroxyl groups excluding tert-OH is 1. The van der Waals surface area contributed by atoms with E-state index in [9.17, 15) is 9.90 Å². The molecule has 0 heterocycles. The summed E-state index contributed by atoms with van der Waals surface area (Å²) in [5.74, 6) is -0.540. The van der Waals surface area contributed by atoms with Crippen LogP contribution in [0.4, 0.5) is 0 Å². The van der Waals surface area contributed by atoms with Crippen LogP contribution < -0.4 is 0 Å². The fraction of sp³-hybridized carbons (Fsp3) is 0.462. The summed E-state index contributed by atoms with van der Waals surface area (Å²) in [5, 5.41) is 9.95. The SMILES string of the molecule is COC(OC)[C@H](O)C(C=O)Cc1ccccc1. The predicted molar refractivity (Wildman–Crippen MR) is 63.5 cm³/mol. The summed E-state index contributed by atoms with van der Waals surface area (Å²) in [6, 6.07) is 9.53. The van der Waals surface area contributed by atoms with Crippen molar-refractivity contribution >= 4 is 6.29 Å². The molecule has 4 nitrogen and oxygen atoms in total. The smallest absolute Gasteiger partial charge is 0.183 e. The number of carbonyl (C=O) groups is 1. The Kier molecular flexibility index (Phi) is 5.83. The third-order valence-corrected chi connectivity index (χ3v) is 2.67. The van der Waals surface area contributed by atoms with E-state index in [1.807, 2.05) is 30.3 Å². The number of ether oxygens (including phenoxy) is 2. The molecule has 1 aromatic carbocycles. The molecule has 1 rings (SSSR count). The minimum absolute atomic E-state index is 0.467. The summed E-state index contributed by atoms with van der Waals surface area (Å²) in [4.78, 5) is 11.0. The third kappa shape index (κ3) is 3.93. The number of hydrogen-bond donors (Lipinski definition) is 1. The lowest BCUT2D eigenvalue weighted by Gasteiger charge is -2.24. The summed E-state index contributed by atoms with van der Waals surface area (Å²) >= 11 is 0. The van der Waals surface area contributed by atoms with Gasteiger partial charge in [-0.15, -0.1) is 0 Å². The van der Waals surface area contributed by atoms with Crippen molar-refractivity contribution in [3.05, 3.63) is 35.9 Å². The van der Waals surface area contributed by atoms with E-state index in [1.54, 1.807) is 0 Å². The normalized spacial score (nSPS) is 14.6. The molecule has 1 unspecified atom stereocenters. The predicted octanol–water partition coefficient (Wildman–Crippen LogP) is 1.02. The minimum atomic E-state index is -0.970. The number of carbonyl (C=O) groups excluding carboxylic acids is 1. The van der Waals surface area contributed by atoms with Crippen molar-refractivity contribution in [2.75, 3.05) is 14.2 Å². The molecule has 1 aromatic rings. The average Bonchev–Trinajstić information content (AvgIpc) is 2.38. The Hall–Kier alpha value is -1.23. The van der Waals surface area contributed by atoms with Gasteiger partial charge in [-0.1, -0.05) is 30.3 Å². The van der Waals surface area contributed by atoms with E-state index >= 15 is 0 Å². The highest BCUT2D eigenvalue weighted by atomic mass is 16.7. The monoisotopic (exact) mass is 238 g/mol. The van der Waals surface area contributed by atoms with Crippen molar-refractivity contribution in [1.82, 2.24) is 0 Å². The van der Waals surface area contributed by atoms with Gasteiger partial charge in [0.25, 0.3) is 0 Å². The van der Waals surface area contributed by atoms with E-state index in [0.717, 1.165) is 11.8 Å². The van der Waals surface area contributed by atoms with Gasteiger partial charge in [0.05, 0.1) is 0 Å². The van der Waals surface area contributed by atoms with Crippen LogP contribution in [0.1, 0.15) is 5.56 Å². The lowest BCUT2D eigenvalue weighted by Crippen LogP contribution is -2.38. The van der Waals surface area contributed by atoms with Crippen LogP contribution in [0.15, 0.2) is 30.3 Å². The first-order chi connectivity index (χ1) is 8.22. The molecule has 0 aromatic heterocycles. The van der Waals surface area contributed by atoms with Crippen molar-refractivity contribution in [3.63, 3.8) is 0 Å². The molecule has 0 spiro atoms. The Morgan fingerprint density at radius 3 is 2.29 bits per heavy atom. The maximum absolute atomic E-state index is 11.0. The molecule has 0 radical (unpaired) electrons. The number of aliphatic hydroxyl groups is 1. The summed E-state index contributed by atoms with van der Waals surface area (Å²) in [6.07, 6.45) is -0.547. The topological polar surface area (TPSA) is 55.8 Å². The fourth-order valence-corrected chi connectivity index (χ4v) is 1.71. The maximum Gasteiger partial charge on any atom is 0.183 e. The first kappa shape index (κ1) is 13.8. The van der Waals surface area contributed by atoms with Crippen LogP contribution in [0.3, 0.4) is 0 Å². The molecule has 2 atom stereocenters. The molecule has 0 saturated carbocycles. The van der Waals surface area contributed by atoms with E-state index < -0.39 is 18.3 Å². The van der Waals surface area contributed by atoms with Crippen molar-refractivity contribution < 1.29 is 19.4 Å². The molecule has 0 saturated heterocycles. The number of rotatable bonds is 7. The van der Waals surface area contributed by atoms with Gasteiger partial charge in [0.15, 0.2) is 6.29 Å². The van der Waals surface area contributed by atoms with Crippen LogP contribution >= 0.6 is 0 Å². The molecular weight excluding hydrogens is 220 g/mol. The first-order valence-corrected chi connectivity index (χ1v) is 5.45. The molecule has 0 aliphatic carbocycles. The zero-order valence-electron chi connectivity index (χ0n) is 10.1. The highest BCUT2D eigenvalue weighted by molar-refractivity contribution is 5.55. The molecule has 0 bridgehead atoms. The number of aldehydes is 1. The molecule has 0 aliphatic rings. The number of hydrogen-bond acceptors (Lipinski definition) is 4. The molecule has 17 heavy (non-hydrogen) atoms. The van der Waals surface area contributed by atoms with Crippen molar-refractivity contribution in [2.24, 2.45) is 5.92 Å². The molecule has 4 heteroatoms. The lowest BCUT2D eigenvalue weighted by molar-refractivity contribution is -0.178. The molecule has 0 aliphatic heterocycles.